The highest BCUT2D eigenvalue weighted by Gasteiger charge is 2.10. The summed E-state index contributed by atoms with van der Waals surface area (Å²) in [6.07, 6.45) is 6.07. The number of hydrogen-bond acceptors (Lipinski definition) is 3. The number of amides is 1. The molecular weight excluding hydrogens is 240 g/mol. The minimum Gasteiger partial charge on any atom is -0.324 e. The Hall–Kier alpha value is -2.17. The molecular formula is C14H18N4O. The van der Waals surface area contributed by atoms with Crippen LogP contribution in [0.1, 0.15) is 26.1 Å². The van der Waals surface area contributed by atoms with Gasteiger partial charge in [-0.05, 0) is 25.5 Å². The van der Waals surface area contributed by atoms with Gasteiger partial charge in [-0.1, -0.05) is 13.8 Å². The van der Waals surface area contributed by atoms with E-state index in [4.69, 9.17) is 0 Å². The number of nitrogens with zero attached hydrogens (tertiary/aromatic N) is 3. The zero-order valence-electron chi connectivity index (χ0n) is 11.4. The average Bonchev–Trinajstić information content (AvgIpc) is 2.85. The smallest absolute Gasteiger partial charge is 0.227 e. The molecule has 0 aliphatic carbocycles. The van der Waals surface area contributed by atoms with Crippen molar-refractivity contribution in [2.75, 3.05) is 5.32 Å². The minimum atomic E-state index is 0.00979. The second-order valence-corrected chi connectivity index (χ2v) is 4.55. The third kappa shape index (κ3) is 2.99. The Morgan fingerprint density at radius 3 is 2.74 bits per heavy atom. The van der Waals surface area contributed by atoms with Gasteiger partial charge in [-0.2, -0.15) is 0 Å². The molecule has 0 saturated heterocycles. The van der Waals surface area contributed by atoms with Crippen LogP contribution in [-0.2, 0) is 4.79 Å². The molecule has 2 heterocycles. The van der Waals surface area contributed by atoms with Crippen LogP contribution in [0.2, 0.25) is 0 Å². The summed E-state index contributed by atoms with van der Waals surface area (Å²) >= 11 is 0. The summed E-state index contributed by atoms with van der Waals surface area (Å²) in [5, 5.41) is 2.85. The van der Waals surface area contributed by atoms with E-state index >= 15 is 0 Å². The van der Waals surface area contributed by atoms with Gasteiger partial charge in [0.05, 0.1) is 11.9 Å². The van der Waals surface area contributed by atoms with Crippen molar-refractivity contribution in [3.8, 4) is 5.82 Å². The van der Waals surface area contributed by atoms with E-state index in [9.17, 15) is 4.79 Å². The van der Waals surface area contributed by atoms with Crippen molar-refractivity contribution in [2.24, 2.45) is 5.92 Å². The van der Waals surface area contributed by atoms with Gasteiger partial charge in [0.15, 0.2) is 0 Å². The Morgan fingerprint density at radius 2 is 2.21 bits per heavy atom. The summed E-state index contributed by atoms with van der Waals surface area (Å²) in [7, 11) is 0. The Labute approximate surface area is 112 Å². The molecule has 2 rings (SSSR count). The highest BCUT2D eigenvalue weighted by Crippen LogP contribution is 2.13. The summed E-state index contributed by atoms with van der Waals surface area (Å²) in [5.41, 5.74) is 0.715. The normalized spacial score (nSPS) is 12.2. The lowest BCUT2D eigenvalue weighted by Crippen LogP contribution is -2.19. The molecule has 0 spiro atoms. The molecule has 0 fully saturated rings. The maximum Gasteiger partial charge on any atom is 0.227 e. The standard InChI is InChI=1S/C14H18N4O/c1-4-10(2)14(19)17-12-5-6-13(16-9-12)18-8-7-15-11(18)3/h5-10H,4H2,1-3H3,(H,17,19)/t10-/m1/s1. The second kappa shape index (κ2) is 5.65. The summed E-state index contributed by atoms with van der Waals surface area (Å²) in [6.45, 7) is 5.82. The predicted octanol–water partition coefficient (Wildman–Crippen LogP) is 2.56. The Morgan fingerprint density at radius 1 is 1.42 bits per heavy atom. The number of pyridine rings is 1. The largest absolute Gasteiger partial charge is 0.324 e. The van der Waals surface area contributed by atoms with Gasteiger partial charge < -0.3 is 5.32 Å². The number of aryl methyl sites for hydroxylation is 1. The zero-order valence-corrected chi connectivity index (χ0v) is 11.4. The third-order valence-electron chi connectivity index (χ3n) is 3.15. The first kappa shape index (κ1) is 13.3. The van der Waals surface area contributed by atoms with Gasteiger partial charge >= 0.3 is 0 Å². The van der Waals surface area contributed by atoms with Gasteiger partial charge in [0.25, 0.3) is 0 Å². The van der Waals surface area contributed by atoms with Crippen LogP contribution in [0.3, 0.4) is 0 Å². The first-order chi connectivity index (χ1) is 9.11. The van der Waals surface area contributed by atoms with E-state index in [-0.39, 0.29) is 11.8 Å². The number of carbonyl (C=O) groups is 1. The van der Waals surface area contributed by atoms with E-state index in [1.54, 1.807) is 12.4 Å². The monoisotopic (exact) mass is 258 g/mol. The molecule has 0 aromatic carbocycles. The zero-order chi connectivity index (χ0) is 13.8. The molecule has 1 atom stereocenters. The van der Waals surface area contributed by atoms with Crippen LogP contribution in [0.4, 0.5) is 5.69 Å². The highest BCUT2D eigenvalue weighted by atomic mass is 16.1. The average molecular weight is 258 g/mol. The number of hydrogen-bond donors (Lipinski definition) is 1. The van der Waals surface area contributed by atoms with E-state index in [2.05, 4.69) is 15.3 Å². The lowest BCUT2D eigenvalue weighted by molar-refractivity contribution is -0.119. The lowest BCUT2D eigenvalue weighted by atomic mass is 10.1. The summed E-state index contributed by atoms with van der Waals surface area (Å²) in [4.78, 5) is 20.2. The number of nitrogens with one attached hydrogen (secondary N) is 1. The van der Waals surface area contributed by atoms with E-state index in [1.165, 1.54) is 0 Å². The van der Waals surface area contributed by atoms with Gasteiger partial charge in [-0.15, -0.1) is 0 Å². The van der Waals surface area contributed by atoms with Crippen molar-refractivity contribution < 1.29 is 4.79 Å². The predicted molar refractivity (Wildman–Crippen MR) is 74.2 cm³/mol. The first-order valence-corrected chi connectivity index (χ1v) is 6.39. The fourth-order valence-electron chi connectivity index (χ4n) is 1.67. The number of imidazole rings is 1. The number of aromatic nitrogens is 3. The Kier molecular flexibility index (Phi) is 3.94. The highest BCUT2D eigenvalue weighted by molar-refractivity contribution is 5.92. The molecule has 100 valence electrons. The van der Waals surface area contributed by atoms with Gasteiger partial charge in [0.1, 0.15) is 11.6 Å². The van der Waals surface area contributed by atoms with Crippen molar-refractivity contribution in [2.45, 2.75) is 27.2 Å². The van der Waals surface area contributed by atoms with Crippen LogP contribution in [0.15, 0.2) is 30.7 Å². The number of carbonyl (C=O) groups excluding carboxylic acids is 1. The number of rotatable bonds is 4. The maximum absolute atomic E-state index is 11.8. The summed E-state index contributed by atoms with van der Waals surface area (Å²) < 4.78 is 1.89. The van der Waals surface area contributed by atoms with Crippen molar-refractivity contribution in [1.29, 1.82) is 0 Å². The molecule has 2 aromatic rings. The molecule has 5 heteroatoms. The molecule has 5 nitrogen and oxygen atoms in total. The van der Waals surface area contributed by atoms with E-state index < -0.39 is 0 Å². The molecule has 19 heavy (non-hydrogen) atoms. The molecule has 0 bridgehead atoms. The molecule has 0 radical (unpaired) electrons. The van der Waals surface area contributed by atoms with Crippen LogP contribution in [0.5, 0.6) is 0 Å². The van der Waals surface area contributed by atoms with Crippen LogP contribution < -0.4 is 5.32 Å². The van der Waals surface area contributed by atoms with E-state index in [0.717, 1.165) is 18.1 Å². The molecule has 0 unspecified atom stereocenters. The van der Waals surface area contributed by atoms with Crippen LogP contribution in [0, 0.1) is 12.8 Å². The van der Waals surface area contributed by atoms with Crippen molar-refractivity contribution >= 4 is 11.6 Å². The maximum atomic E-state index is 11.8. The van der Waals surface area contributed by atoms with Crippen LogP contribution >= 0.6 is 0 Å². The Bertz CT molecular complexity index is 559. The second-order valence-electron chi connectivity index (χ2n) is 4.55. The summed E-state index contributed by atoms with van der Waals surface area (Å²) in [5.74, 6) is 1.70. The molecule has 0 aliphatic heterocycles. The molecule has 0 aliphatic rings. The van der Waals surface area contributed by atoms with Crippen molar-refractivity contribution in [3.05, 3.63) is 36.5 Å². The van der Waals surface area contributed by atoms with Crippen LogP contribution in [-0.4, -0.2) is 20.4 Å². The Balaban J connectivity index is 2.11. The molecule has 0 saturated carbocycles. The van der Waals surface area contributed by atoms with Crippen LogP contribution in [0.25, 0.3) is 5.82 Å². The van der Waals surface area contributed by atoms with Gasteiger partial charge in [-0.3, -0.25) is 9.36 Å². The minimum absolute atomic E-state index is 0.00979. The van der Waals surface area contributed by atoms with Gasteiger partial charge in [0, 0.05) is 18.3 Å². The fourth-order valence-corrected chi connectivity index (χ4v) is 1.67. The van der Waals surface area contributed by atoms with E-state index in [1.807, 2.05) is 43.7 Å². The summed E-state index contributed by atoms with van der Waals surface area (Å²) in [6, 6.07) is 3.71. The lowest BCUT2D eigenvalue weighted by Gasteiger charge is -2.10. The fraction of sp³-hybridized carbons (Fsp3) is 0.357. The molecule has 1 amide bonds. The van der Waals surface area contributed by atoms with Gasteiger partial charge in [0.2, 0.25) is 5.91 Å². The van der Waals surface area contributed by atoms with Crippen molar-refractivity contribution in [1.82, 2.24) is 14.5 Å². The van der Waals surface area contributed by atoms with E-state index in [0.29, 0.717) is 5.69 Å². The molecule has 2 aromatic heterocycles. The topological polar surface area (TPSA) is 59.8 Å². The number of anilines is 1. The first-order valence-electron chi connectivity index (χ1n) is 6.39. The quantitative estimate of drug-likeness (QED) is 0.916. The molecule has 1 N–H and O–H groups in total. The van der Waals surface area contributed by atoms with Crippen molar-refractivity contribution in [3.63, 3.8) is 0 Å². The SMILES string of the molecule is CC[C@@H](C)C(=O)Nc1ccc(-n2ccnc2C)nc1. The third-order valence-corrected chi connectivity index (χ3v) is 3.15. The van der Waals surface area contributed by atoms with Gasteiger partial charge in [-0.25, -0.2) is 9.97 Å².